The molecule has 0 aromatic heterocycles. The molecular weight excluding hydrogens is 344 g/mol. The molecular formula is C21H26N2O4. The van der Waals surface area contributed by atoms with Crippen LogP contribution >= 0.6 is 0 Å². The standard InChI is InChI=1S/C21H26N2O4/c1-15-6-8-16(9-7-15)4-3-5-21(25)23-13-17-10-11-18(19(12-17)26-2)27-14-20(22)24/h6-12H,3-5,13-14H2,1-2H3,(H2,22,24)(H,23,25). The summed E-state index contributed by atoms with van der Waals surface area (Å²) in [5.74, 6) is 0.376. The number of benzene rings is 2. The minimum Gasteiger partial charge on any atom is -0.493 e. The molecule has 6 nitrogen and oxygen atoms in total. The Kier molecular flexibility index (Phi) is 7.67. The van der Waals surface area contributed by atoms with Crippen molar-refractivity contribution >= 4 is 11.8 Å². The van der Waals surface area contributed by atoms with Gasteiger partial charge in [0.1, 0.15) is 0 Å². The number of hydrogen-bond acceptors (Lipinski definition) is 4. The fraction of sp³-hybridized carbons (Fsp3) is 0.333. The maximum absolute atomic E-state index is 12.0. The van der Waals surface area contributed by atoms with Crippen LogP contribution in [0.4, 0.5) is 0 Å². The number of methoxy groups -OCH3 is 1. The number of nitrogens with one attached hydrogen (secondary N) is 1. The molecule has 2 aromatic carbocycles. The topological polar surface area (TPSA) is 90.7 Å². The van der Waals surface area contributed by atoms with Crippen molar-refractivity contribution in [3.63, 3.8) is 0 Å². The van der Waals surface area contributed by atoms with Crippen LogP contribution in [-0.4, -0.2) is 25.5 Å². The van der Waals surface area contributed by atoms with Gasteiger partial charge in [0, 0.05) is 13.0 Å². The maximum atomic E-state index is 12.0. The molecule has 27 heavy (non-hydrogen) atoms. The van der Waals surface area contributed by atoms with Crippen molar-refractivity contribution in [2.24, 2.45) is 5.73 Å². The Morgan fingerprint density at radius 3 is 2.41 bits per heavy atom. The summed E-state index contributed by atoms with van der Waals surface area (Å²) in [4.78, 5) is 22.9. The Morgan fingerprint density at radius 1 is 1.04 bits per heavy atom. The molecule has 3 N–H and O–H groups in total. The van der Waals surface area contributed by atoms with Crippen molar-refractivity contribution in [2.45, 2.75) is 32.7 Å². The predicted octanol–water partition coefficient (Wildman–Crippen LogP) is 2.51. The number of amides is 2. The van der Waals surface area contributed by atoms with E-state index in [9.17, 15) is 9.59 Å². The molecule has 2 rings (SSSR count). The quantitative estimate of drug-likeness (QED) is 0.672. The molecule has 0 aliphatic rings. The zero-order valence-corrected chi connectivity index (χ0v) is 15.8. The van der Waals surface area contributed by atoms with Gasteiger partial charge in [-0.2, -0.15) is 0 Å². The molecule has 0 bridgehead atoms. The second-order valence-electron chi connectivity index (χ2n) is 6.36. The van der Waals surface area contributed by atoms with Gasteiger partial charge in [-0.05, 0) is 43.0 Å². The Morgan fingerprint density at radius 2 is 1.74 bits per heavy atom. The highest BCUT2D eigenvalue weighted by molar-refractivity contribution is 5.76. The van der Waals surface area contributed by atoms with E-state index in [2.05, 4.69) is 36.5 Å². The first-order chi connectivity index (χ1) is 13.0. The average Bonchev–Trinajstić information content (AvgIpc) is 2.66. The largest absolute Gasteiger partial charge is 0.493 e. The Balaban J connectivity index is 1.78. The van der Waals surface area contributed by atoms with Crippen LogP contribution in [0.2, 0.25) is 0 Å². The van der Waals surface area contributed by atoms with Gasteiger partial charge >= 0.3 is 0 Å². The summed E-state index contributed by atoms with van der Waals surface area (Å²) in [6.07, 6.45) is 2.16. The minimum absolute atomic E-state index is 0.00938. The molecule has 0 spiro atoms. The Hall–Kier alpha value is -3.02. The van der Waals surface area contributed by atoms with Crippen LogP contribution in [0.15, 0.2) is 42.5 Å². The van der Waals surface area contributed by atoms with E-state index < -0.39 is 5.91 Å². The van der Waals surface area contributed by atoms with Crippen LogP contribution in [0.3, 0.4) is 0 Å². The number of carbonyl (C=O) groups excluding carboxylic acids is 2. The van der Waals surface area contributed by atoms with Crippen molar-refractivity contribution in [3.8, 4) is 11.5 Å². The highest BCUT2D eigenvalue weighted by Gasteiger charge is 2.08. The lowest BCUT2D eigenvalue weighted by Crippen LogP contribution is -2.22. The van der Waals surface area contributed by atoms with Crippen molar-refractivity contribution in [1.82, 2.24) is 5.32 Å². The van der Waals surface area contributed by atoms with Gasteiger partial charge in [-0.1, -0.05) is 35.9 Å². The van der Waals surface area contributed by atoms with E-state index >= 15 is 0 Å². The van der Waals surface area contributed by atoms with Crippen molar-refractivity contribution in [3.05, 3.63) is 59.2 Å². The van der Waals surface area contributed by atoms with E-state index in [0.29, 0.717) is 24.5 Å². The first-order valence-electron chi connectivity index (χ1n) is 8.88. The lowest BCUT2D eigenvalue weighted by molar-refractivity contribution is -0.121. The summed E-state index contributed by atoms with van der Waals surface area (Å²) >= 11 is 0. The molecule has 0 radical (unpaired) electrons. The SMILES string of the molecule is COc1cc(CNC(=O)CCCc2ccc(C)cc2)ccc1OCC(N)=O. The number of hydrogen-bond donors (Lipinski definition) is 2. The van der Waals surface area contributed by atoms with E-state index in [4.69, 9.17) is 15.2 Å². The monoisotopic (exact) mass is 370 g/mol. The summed E-state index contributed by atoms with van der Waals surface area (Å²) in [6.45, 7) is 2.24. The molecule has 6 heteroatoms. The van der Waals surface area contributed by atoms with Crippen molar-refractivity contribution in [2.75, 3.05) is 13.7 Å². The Labute approximate surface area is 159 Å². The van der Waals surface area contributed by atoms with Crippen LogP contribution in [0.25, 0.3) is 0 Å². The molecule has 2 aromatic rings. The van der Waals surface area contributed by atoms with Crippen LogP contribution in [0.5, 0.6) is 11.5 Å². The molecule has 0 atom stereocenters. The average molecular weight is 370 g/mol. The lowest BCUT2D eigenvalue weighted by Gasteiger charge is -2.12. The number of carbonyl (C=O) groups is 2. The summed E-state index contributed by atoms with van der Waals surface area (Å²) in [7, 11) is 1.51. The van der Waals surface area contributed by atoms with E-state index in [1.54, 1.807) is 12.1 Å². The van der Waals surface area contributed by atoms with Gasteiger partial charge in [0.05, 0.1) is 7.11 Å². The number of primary amides is 1. The number of rotatable bonds is 10. The van der Waals surface area contributed by atoms with E-state index in [1.807, 2.05) is 6.07 Å². The summed E-state index contributed by atoms with van der Waals surface area (Å²) < 4.78 is 10.5. The smallest absolute Gasteiger partial charge is 0.255 e. The summed E-state index contributed by atoms with van der Waals surface area (Å²) in [5, 5.41) is 2.91. The molecule has 0 fully saturated rings. The second-order valence-corrected chi connectivity index (χ2v) is 6.36. The third-order valence-corrected chi connectivity index (χ3v) is 4.08. The van der Waals surface area contributed by atoms with Crippen LogP contribution in [0, 0.1) is 6.92 Å². The van der Waals surface area contributed by atoms with Crippen LogP contribution in [-0.2, 0) is 22.6 Å². The van der Waals surface area contributed by atoms with Crippen LogP contribution < -0.4 is 20.5 Å². The van der Waals surface area contributed by atoms with Gasteiger partial charge in [0.2, 0.25) is 5.91 Å². The first-order valence-corrected chi connectivity index (χ1v) is 8.88. The fourth-order valence-corrected chi connectivity index (χ4v) is 2.59. The molecule has 0 saturated heterocycles. The first kappa shape index (κ1) is 20.3. The molecule has 0 aliphatic heterocycles. The number of nitrogens with two attached hydrogens (primary N) is 1. The number of aryl methyl sites for hydroxylation is 2. The number of ether oxygens (including phenoxy) is 2. The zero-order chi connectivity index (χ0) is 19.6. The van der Waals surface area contributed by atoms with Crippen LogP contribution in [0.1, 0.15) is 29.5 Å². The predicted molar refractivity (Wildman–Crippen MR) is 104 cm³/mol. The van der Waals surface area contributed by atoms with E-state index in [-0.39, 0.29) is 12.5 Å². The highest BCUT2D eigenvalue weighted by Crippen LogP contribution is 2.28. The minimum atomic E-state index is -0.556. The molecule has 0 saturated carbocycles. The van der Waals surface area contributed by atoms with E-state index in [0.717, 1.165) is 18.4 Å². The van der Waals surface area contributed by atoms with Crippen molar-refractivity contribution in [1.29, 1.82) is 0 Å². The molecule has 2 amide bonds. The highest BCUT2D eigenvalue weighted by atomic mass is 16.5. The van der Waals surface area contributed by atoms with Gasteiger partial charge in [-0.15, -0.1) is 0 Å². The van der Waals surface area contributed by atoms with Gasteiger partial charge in [-0.3, -0.25) is 9.59 Å². The zero-order valence-electron chi connectivity index (χ0n) is 15.8. The fourth-order valence-electron chi connectivity index (χ4n) is 2.59. The normalized spacial score (nSPS) is 10.3. The summed E-state index contributed by atoms with van der Waals surface area (Å²) in [6, 6.07) is 13.6. The second kappa shape index (κ2) is 10.2. The third-order valence-electron chi connectivity index (χ3n) is 4.08. The lowest BCUT2D eigenvalue weighted by atomic mass is 10.1. The van der Waals surface area contributed by atoms with Gasteiger partial charge < -0.3 is 20.5 Å². The van der Waals surface area contributed by atoms with Gasteiger partial charge in [0.25, 0.3) is 5.91 Å². The molecule has 0 aliphatic carbocycles. The van der Waals surface area contributed by atoms with Gasteiger partial charge in [0.15, 0.2) is 18.1 Å². The van der Waals surface area contributed by atoms with Crippen molar-refractivity contribution < 1.29 is 19.1 Å². The molecule has 144 valence electrons. The van der Waals surface area contributed by atoms with Gasteiger partial charge in [-0.25, -0.2) is 0 Å². The molecule has 0 unspecified atom stereocenters. The third kappa shape index (κ3) is 7.01. The molecule has 0 heterocycles. The van der Waals surface area contributed by atoms with E-state index in [1.165, 1.54) is 18.2 Å². The Bertz CT molecular complexity index is 772. The summed E-state index contributed by atoms with van der Waals surface area (Å²) in [5.41, 5.74) is 8.43. The maximum Gasteiger partial charge on any atom is 0.255 e.